The van der Waals surface area contributed by atoms with E-state index in [-0.39, 0.29) is 11.9 Å². The molecule has 5 nitrogen and oxygen atoms in total. The van der Waals surface area contributed by atoms with E-state index in [0.29, 0.717) is 0 Å². The molecule has 0 saturated heterocycles. The zero-order valence-corrected chi connectivity index (χ0v) is 10.2. The van der Waals surface area contributed by atoms with E-state index in [9.17, 15) is 4.39 Å². The van der Waals surface area contributed by atoms with Crippen molar-refractivity contribution in [3.8, 4) is 0 Å². The van der Waals surface area contributed by atoms with Gasteiger partial charge < -0.3 is 0 Å². The van der Waals surface area contributed by atoms with Crippen LogP contribution >= 0.6 is 0 Å². The summed E-state index contributed by atoms with van der Waals surface area (Å²) < 4.78 is 15.0. The van der Waals surface area contributed by atoms with Crippen LogP contribution < -0.4 is 11.3 Å². The van der Waals surface area contributed by atoms with Crippen molar-refractivity contribution in [1.29, 1.82) is 0 Å². The maximum Gasteiger partial charge on any atom is 0.123 e. The molecule has 0 saturated carbocycles. The lowest BCUT2D eigenvalue weighted by Crippen LogP contribution is -2.30. The lowest BCUT2D eigenvalue weighted by atomic mass is 10.0. The number of nitrogens with one attached hydrogen (secondary N) is 1. The second-order valence-electron chi connectivity index (χ2n) is 4.04. The summed E-state index contributed by atoms with van der Waals surface area (Å²) in [5, 5.41) is 7.88. The minimum absolute atomic E-state index is 0.290. The molecule has 0 aliphatic carbocycles. The fourth-order valence-electron chi connectivity index (χ4n) is 1.91. The number of aromatic nitrogens is 3. The Morgan fingerprint density at radius 3 is 3.00 bits per heavy atom. The molecule has 0 bridgehead atoms. The highest BCUT2D eigenvalue weighted by molar-refractivity contribution is 5.27. The highest BCUT2D eigenvalue weighted by Gasteiger charge is 2.17. The molecule has 2 aromatic rings. The van der Waals surface area contributed by atoms with Crippen LogP contribution in [0.1, 0.15) is 30.6 Å². The quantitative estimate of drug-likeness (QED) is 0.620. The molecule has 96 valence electrons. The molecule has 0 aliphatic rings. The van der Waals surface area contributed by atoms with Crippen molar-refractivity contribution in [2.24, 2.45) is 5.84 Å². The van der Waals surface area contributed by atoms with E-state index in [0.717, 1.165) is 24.2 Å². The van der Waals surface area contributed by atoms with Gasteiger partial charge in [-0.05, 0) is 24.1 Å². The van der Waals surface area contributed by atoms with Crippen molar-refractivity contribution in [3.05, 3.63) is 47.5 Å². The van der Waals surface area contributed by atoms with Gasteiger partial charge in [-0.25, -0.2) is 14.5 Å². The van der Waals surface area contributed by atoms with Crippen molar-refractivity contribution >= 4 is 0 Å². The SMILES string of the molecule is CCCn1nncc1C(NN)c1cccc(F)c1. The van der Waals surface area contributed by atoms with Gasteiger partial charge in [-0.3, -0.25) is 5.84 Å². The lowest BCUT2D eigenvalue weighted by Gasteiger charge is -2.17. The molecule has 1 aromatic carbocycles. The Morgan fingerprint density at radius 1 is 1.50 bits per heavy atom. The van der Waals surface area contributed by atoms with Gasteiger partial charge in [0.05, 0.1) is 17.9 Å². The van der Waals surface area contributed by atoms with Crippen molar-refractivity contribution in [2.45, 2.75) is 25.9 Å². The Balaban J connectivity index is 2.36. The van der Waals surface area contributed by atoms with Crippen LogP contribution in [0.5, 0.6) is 0 Å². The smallest absolute Gasteiger partial charge is 0.123 e. The third kappa shape index (κ3) is 2.55. The number of hydrogen-bond donors (Lipinski definition) is 2. The van der Waals surface area contributed by atoms with Crippen LogP contribution in [0.4, 0.5) is 4.39 Å². The topological polar surface area (TPSA) is 68.8 Å². The van der Waals surface area contributed by atoms with E-state index in [1.165, 1.54) is 12.1 Å². The molecular formula is C12H16FN5. The number of nitrogens with two attached hydrogens (primary N) is 1. The second kappa shape index (κ2) is 5.70. The van der Waals surface area contributed by atoms with Crippen LogP contribution in [0.2, 0.25) is 0 Å². The monoisotopic (exact) mass is 249 g/mol. The molecule has 0 spiro atoms. The van der Waals surface area contributed by atoms with Crippen LogP contribution in [0.3, 0.4) is 0 Å². The van der Waals surface area contributed by atoms with Gasteiger partial charge in [0.25, 0.3) is 0 Å². The van der Waals surface area contributed by atoms with Gasteiger partial charge in [0.15, 0.2) is 0 Å². The zero-order chi connectivity index (χ0) is 13.0. The van der Waals surface area contributed by atoms with E-state index in [1.54, 1.807) is 16.9 Å². The average Bonchev–Trinajstić information content (AvgIpc) is 2.79. The Kier molecular flexibility index (Phi) is 4.01. The number of benzene rings is 1. The number of rotatable bonds is 5. The minimum Gasteiger partial charge on any atom is -0.271 e. The third-order valence-corrected chi connectivity index (χ3v) is 2.73. The van der Waals surface area contributed by atoms with Gasteiger partial charge in [0, 0.05) is 6.54 Å². The Labute approximate surface area is 105 Å². The van der Waals surface area contributed by atoms with Crippen LogP contribution in [0.15, 0.2) is 30.5 Å². The zero-order valence-electron chi connectivity index (χ0n) is 10.2. The number of hydrazine groups is 1. The molecule has 0 fully saturated rings. The van der Waals surface area contributed by atoms with E-state index in [1.807, 2.05) is 6.07 Å². The van der Waals surface area contributed by atoms with E-state index in [4.69, 9.17) is 5.84 Å². The fraction of sp³-hybridized carbons (Fsp3) is 0.333. The first kappa shape index (κ1) is 12.7. The molecule has 18 heavy (non-hydrogen) atoms. The number of halogens is 1. The van der Waals surface area contributed by atoms with Gasteiger partial charge in [-0.1, -0.05) is 24.3 Å². The number of nitrogens with zero attached hydrogens (tertiary/aromatic N) is 3. The van der Waals surface area contributed by atoms with Crippen molar-refractivity contribution in [1.82, 2.24) is 20.4 Å². The molecule has 0 aliphatic heterocycles. The van der Waals surface area contributed by atoms with Gasteiger partial charge in [0.1, 0.15) is 5.82 Å². The molecule has 1 atom stereocenters. The largest absolute Gasteiger partial charge is 0.271 e. The molecule has 2 rings (SSSR count). The molecule has 3 N–H and O–H groups in total. The van der Waals surface area contributed by atoms with Crippen molar-refractivity contribution in [3.63, 3.8) is 0 Å². The Hall–Kier alpha value is -1.79. The molecule has 1 aromatic heterocycles. The first-order valence-corrected chi connectivity index (χ1v) is 5.86. The summed E-state index contributed by atoms with van der Waals surface area (Å²) in [5.41, 5.74) is 4.25. The molecular weight excluding hydrogens is 233 g/mol. The van der Waals surface area contributed by atoms with Crippen LogP contribution in [0.25, 0.3) is 0 Å². The first-order chi connectivity index (χ1) is 8.76. The third-order valence-electron chi connectivity index (χ3n) is 2.73. The van der Waals surface area contributed by atoms with Gasteiger partial charge in [0.2, 0.25) is 0 Å². The lowest BCUT2D eigenvalue weighted by molar-refractivity contribution is 0.510. The van der Waals surface area contributed by atoms with E-state index >= 15 is 0 Å². The Bertz CT molecular complexity index is 511. The summed E-state index contributed by atoms with van der Waals surface area (Å²) in [4.78, 5) is 0. The molecule has 1 heterocycles. The molecule has 6 heteroatoms. The first-order valence-electron chi connectivity index (χ1n) is 5.86. The minimum atomic E-state index is -0.317. The Morgan fingerprint density at radius 2 is 2.33 bits per heavy atom. The normalized spacial score (nSPS) is 12.6. The highest BCUT2D eigenvalue weighted by atomic mass is 19.1. The van der Waals surface area contributed by atoms with Crippen LogP contribution in [0, 0.1) is 5.82 Å². The predicted molar refractivity (Wildman–Crippen MR) is 65.9 cm³/mol. The van der Waals surface area contributed by atoms with Gasteiger partial charge in [-0.15, -0.1) is 5.10 Å². The van der Waals surface area contributed by atoms with Crippen LogP contribution in [-0.2, 0) is 6.54 Å². The van der Waals surface area contributed by atoms with Gasteiger partial charge in [-0.2, -0.15) is 0 Å². The van der Waals surface area contributed by atoms with E-state index in [2.05, 4.69) is 22.7 Å². The molecule has 1 unspecified atom stereocenters. The van der Waals surface area contributed by atoms with Crippen molar-refractivity contribution < 1.29 is 4.39 Å². The van der Waals surface area contributed by atoms with E-state index < -0.39 is 0 Å². The standard InChI is InChI=1S/C12H16FN5/c1-2-6-18-11(8-15-17-18)12(16-14)9-4-3-5-10(13)7-9/h3-5,7-8,12,16H,2,6,14H2,1H3. The second-order valence-corrected chi connectivity index (χ2v) is 4.04. The van der Waals surface area contributed by atoms with Crippen LogP contribution in [-0.4, -0.2) is 15.0 Å². The summed E-state index contributed by atoms with van der Waals surface area (Å²) in [7, 11) is 0. The number of aryl methyl sites for hydroxylation is 1. The highest BCUT2D eigenvalue weighted by Crippen LogP contribution is 2.21. The summed E-state index contributed by atoms with van der Waals surface area (Å²) in [6, 6.07) is 6.01. The molecule has 0 amide bonds. The predicted octanol–water partition coefficient (Wildman–Crippen LogP) is 1.38. The molecule has 0 radical (unpaired) electrons. The summed E-state index contributed by atoms with van der Waals surface area (Å²) in [5.74, 6) is 5.28. The maximum absolute atomic E-state index is 13.2. The fourth-order valence-corrected chi connectivity index (χ4v) is 1.91. The summed E-state index contributed by atoms with van der Waals surface area (Å²) >= 11 is 0. The average molecular weight is 249 g/mol. The van der Waals surface area contributed by atoms with Crippen molar-refractivity contribution in [2.75, 3.05) is 0 Å². The summed E-state index contributed by atoms with van der Waals surface area (Å²) in [6.45, 7) is 2.81. The maximum atomic E-state index is 13.2. The number of hydrogen-bond acceptors (Lipinski definition) is 4. The van der Waals surface area contributed by atoms with Gasteiger partial charge >= 0.3 is 0 Å². The summed E-state index contributed by atoms with van der Waals surface area (Å²) in [6.07, 6.45) is 2.59.